The second kappa shape index (κ2) is 9.04. The van der Waals surface area contributed by atoms with Gasteiger partial charge in [0.2, 0.25) is 0 Å². The number of aromatic nitrogens is 2. The summed E-state index contributed by atoms with van der Waals surface area (Å²) in [5.74, 6) is 0.848. The molecule has 0 unspecified atom stereocenters. The van der Waals surface area contributed by atoms with Crippen LogP contribution in [-0.2, 0) is 0 Å². The summed E-state index contributed by atoms with van der Waals surface area (Å²) < 4.78 is 2.17. The molecule has 2 heterocycles. The fraction of sp³-hybridized carbons (Fsp3) is 0.0882. The molecule has 4 nitrogen and oxygen atoms in total. The molecule has 0 bridgehead atoms. The monoisotopic (exact) mass is 488 g/mol. The molecular weight excluding hydrogens is 464 g/mol. The van der Waals surface area contributed by atoms with Crippen LogP contribution in [-0.4, -0.2) is 9.55 Å². The van der Waals surface area contributed by atoms with Crippen LogP contribution in [0.15, 0.2) is 91.0 Å². The smallest absolute Gasteiger partial charge is 0.141 e. The summed E-state index contributed by atoms with van der Waals surface area (Å²) in [6.45, 7) is 6.41. The molecule has 6 rings (SSSR count). The molecule has 0 fully saturated rings. The first kappa shape index (κ1) is 23.2. The first-order valence-electron chi connectivity index (χ1n) is 12.5. The van der Waals surface area contributed by atoms with E-state index in [1.165, 1.54) is 5.56 Å². The van der Waals surface area contributed by atoms with Gasteiger partial charge in [0.15, 0.2) is 0 Å². The lowest BCUT2D eigenvalue weighted by Crippen LogP contribution is -2.06. The fourth-order valence-electron chi connectivity index (χ4n) is 5.33. The summed E-state index contributed by atoms with van der Waals surface area (Å²) in [5.41, 5.74) is 10.8. The Balaban J connectivity index is 1.70. The van der Waals surface area contributed by atoms with Crippen molar-refractivity contribution < 1.29 is 0 Å². The topological polar surface area (TPSA) is 65.4 Å². The highest BCUT2D eigenvalue weighted by Gasteiger charge is 2.21. The zero-order chi connectivity index (χ0) is 26.4. The third kappa shape index (κ3) is 3.55. The summed E-state index contributed by atoms with van der Waals surface area (Å²) in [6.07, 6.45) is 0. The van der Waals surface area contributed by atoms with Crippen molar-refractivity contribution in [3.63, 3.8) is 0 Å². The molecular formula is C34H24N4. The maximum absolute atomic E-state index is 9.57. The van der Waals surface area contributed by atoms with Gasteiger partial charge < -0.3 is 0 Å². The number of hydrogen-bond donors (Lipinski definition) is 0. The van der Waals surface area contributed by atoms with Crippen LogP contribution >= 0.6 is 0 Å². The Hall–Kier alpha value is -5.19. The summed E-state index contributed by atoms with van der Waals surface area (Å²) in [6, 6.07) is 34.8. The maximum Gasteiger partial charge on any atom is 0.141 e. The Morgan fingerprint density at radius 2 is 1.16 bits per heavy atom. The Morgan fingerprint density at radius 1 is 0.605 bits per heavy atom. The lowest BCUT2D eigenvalue weighted by molar-refractivity contribution is 1.03. The molecule has 180 valence electrons. The van der Waals surface area contributed by atoms with Crippen molar-refractivity contribution in [3.8, 4) is 40.3 Å². The number of nitrogens with zero attached hydrogens (tertiary/aromatic N) is 4. The van der Waals surface area contributed by atoms with E-state index >= 15 is 0 Å². The molecule has 0 aliphatic carbocycles. The molecule has 0 saturated carbocycles. The van der Waals surface area contributed by atoms with E-state index in [-0.39, 0.29) is 0 Å². The van der Waals surface area contributed by atoms with E-state index in [1.807, 2.05) is 42.5 Å². The normalized spacial score (nSPS) is 11.0. The third-order valence-corrected chi connectivity index (χ3v) is 7.54. The molecule has 0 radical (unpaired) electrons. The predicted molar refractivity (Wildman–Crippen MR) is 153 cm³/mol. The number of fused-ring (bicyclic) bond motifs is 3. The minimum Gasteiger partial charge on any atom is -0.294 e. The molecule has 0 aliphatic heterocycles. The van der Waals surface area contributed by atoms with Gasteiger partial charge in [0.25, 0.3) is 0 Å². The van der Waals surface area contributed by atoms with Gasteiger partial charge in [-0.05, 0) is 85.0 Å². The molecule has 2 aromatic heterocycles. The molecule has 0 saturated heterocycles. The van der Waals surface area contributed by atoms with Gasteiger partial charge >= 0.3 is 0 Å². The van der Waals surface area contributed by atoms with Crippen molar-refractivity contribution in [2.45, 2.75) is 20.8 Å². The Morgan fingerprint density at radius 3 is 1.74 bits per heavy atom. The number of pyridine rings is 1. The second-order valence-electron chi connectivity index (χ2n) is 9.59. The quantitative estimate of drug-likeness (QED) is 0.252. The number of hydrogen-bond acceptors (Lipinski definition) is 3. The van der Waals surface area contributed by atoms with Crippen LogP contribution in [0.25, 0.3) is 50.0 Å². The molecule has 6 aromatic rings. The van der Waals surface area contributed by atoms with E-state index in [2.05, 4.69) is 86.0 Å². The Bertz CT molecular complexity index is 1890. The summed E-state index contributed by atoms with van der Waals surface area (Å²) >= 11 is 0. The van der Waals surface area contributed by atoms with Crippen molar-refractivity contribution in [2.75, 3.05) is 0 Å². The first-order chi connectivity index (χ1) is 18.5. The largest absolute Gasteiger partial charge is 0.294 e. The van der Waals surface area contributed by atoms with Crippen molar-refractivity contribution in [2.24, 2.45) is 0 Å². The molecule has 38 heavy (non-hydrogen) atoms. The summed E-state index contributed by atoms with van der Waals surface area (Å²) in [7, 11) is 0. The molecule has 0 atom stereocenters. The number of nitriles is 2. The zero-order valence-electron chi connectivity index (χ0n) is 21.4. The molecule has 4 aromatic carbocycles. The van der Waals surface area contributed by atoms with Gasteiger partial charge in [-0.3, -0.25) is 4.57 Å². The van der Waals surface area contributed by atoms with Crippen LogP contribution < -0.4 is 0 Å². The van der Waals surface area contributed by atoms with E-state index in [0.29, 0.717) is 11.1 Å². The van der Waals surface area contributed by atoms with Gasteiger partial charge in [-0.1, -0.05) is 54.6 Å². The van der Waals surface area contributed by atoms with E-state index < -0.39 is 0 Å². The van der Waals surface area contributed by atoms with Gasteiger partial charge in [-0.25, -0.2) is 4.98 Å². The van der Waals surface area contributed by atoms with Crippen LogP contribution in [0.3, 0.4) is 0 Å². The second-order valence-corrected chi connectivity index (χ2v) is 9.59. The minimum atomic E-state index is 0.584. The molecule has 0 spiro atoms. The van der Waals surface area contributed by atoms with Crippen molar-refractivity contribution in [1.82, 2.24) is 9.55 Å². The fourth-order valence-corrected chi connectivity index (χ4v) is 5.33. The number of rotatable bonds is 3. The van der Waals surface area contributed by atoms with Gasteiger partial charge in [0.1, 0.15) is 5.82 Å². The minimum absolute atomic E-state index is 0.584. The summed E-state index contributed by atoms with van der Waals surface area (Å²) in [4.78, 5) is 5.35. The van der Waals surface area contributed by atoms with E-state index in [4.69, 9.17) is 4.98 Å². The molecule has 0 N–H and O–H groups in total. The van der Waals surface area contributed by atoms with Crippen molar-refractivity contribution in [1.29, 1.82) is 10.5 Å². The first-order valence-corrected chi connectivity index (χ1v) is 12.5. The van der Waals surface area contributed by atoms with Gasteiger partial charge in [-0.2, -0.15) is 10.5 Å². The van der Waals surface area contributed by atoms with E-state index in [9.17, 15) is 10.5 Å². The molecule has 0 amide bonds. The average Bonchev–Trinajstić information content (AvgIpc) is 3.29. The highest BCUT2D eigenvalue weighted by Crippen LogP contribution is 2.38. The number of benzene rings is 4. The third-order valence-electron chi connectivity index (χ3n) is 7.54. The Kier molecular flexibility index (Phi) is 5.52. The van der Waals surface area contributed by atoms with Crippen LogP contribution in [0, 0.1) is 43.4 Å². The lowest BCUT2D eigenvalue weighted by atomic mass is 9.93. The SMILES string of the molecule is Cc1c(-c2ccccc2-c2ccccc2)nc(-n2c3ccc(C#N)cc3c3cc(C#N)ccc32)c(C)c1C. The molecule has 0 aliphatic rings. The van der Waals surface area contributed by atoms with Crippen LogP contribution in [0.1, 0.15) is 27.8 Å². The van der Waals surface area contributed by atoms with Crippen molar-refractivity contribution in [3.05, 3.63) is 119 Å². The average molecular weight is 489 g/mol. The van der Waals surface area contributed by atoms with Crippen molar-refractivity contribution >= 4 is 21.8 Å². The summed E-state index contributed by atoms with van der Waals surface area (Å²) in [5, 5.41) is 21.0. The van der Waals surface area contributed by atoms with Crippen LogP contribution in [0.2, 0.25) is 0 Å². The molecule has 4 heteroatoms. The van der Waals surface area contributed by atoms with E-state index in [0.717, 1.165) is 61.1 Å². The van der Waals surface area contributed by atoms with Gasteiger partial charge in [0.05, 0.1) is 40.0 Å². The predicted octanol–water partition coefficient (Wildman–Crippen LogP) is 8.18. The van der Waals surface area contributed by atoms with Gasteiger partial charge in [-0.15, -0.1) is 0 Å². The zero-order valence-corrected chi connectivity index (χ0v) is 21.4. The standard InChI is InChI=1S/C34H24N4/c1-21-22(2)33(28-12-8-7-11-27(28)26-9-5-4-6-10-26)37-34(23(21)3)38-31-15-13-24(19-35)17-29(31)30-18-25(20-36)14-16-32(30)38/h4-18H,1-3H3. The maximum atomic E-state index is 9.57. The highest BCUT2D eigenvalue weighted by atomic mass is 15.1. The van der Waals surface area contributed by atoms with Crippen LogP contribution in [0.5, 0.6) is 0 Å². The highest BCUT2D eigenvalue weighted by molar-refractivity contribution is 6.10. The van der Waals surface area contributed by atoms with Crippen LogP contribution in [0.4, 0.5) is 0 Å². The van der Waals surface area contributed by atoms with Gasteiger partial charge in [0, 0.05) is 16.3 Å². The van der Waals surface area contributed by atoms with E-state index in [1.54, 1.807) is 0 Å². The Labute approximate surface area is 221 Å². The lowest BCUT2D eigenvalue weighted by Gasteiger charge is -2.19.